The average molecular weight is 332 g/mol. The van der Waals surface area contributed by atoms with Gasteiger partial charge in [-0.05, 0) is 36.4 Å². The van der Waals surface area contributed by atoms with Gasteiger partial charge in [0.05, 0.1) is 12.8 Å². The van der Waals surface area contributed by atoms with Crippen LogP contribution in [0.3, 0.4) is 0 Å². The molecule has 24 heavy (non-hydrogen) atoms. The number of nitrogens with zero attached hydrogens (tertiary/aromatic N) is 3. The highest BCUT2D eigenvalue weighted by molar-refractivity contribution is 5.78. The quantitative estimate of drug-likeness (QED) is 0.657. The Labute approximate surface area is 140 Å². The Morgan fingerprint density at radius 1 is 1.21 bits per heavy atom. The maximum Gasteiger partial charge on any atom is 0.191 e. The Kier molecular flexibility index (Phi) is 5.00. The topological polar surface area (TPSA) is 78.2 Å². The molecule has 1 unspecified atom stereocenters. The summed E-state index contributed by atoms with van der Waals surface area (Å²) >= 11 is 0. The van der Waals surface area contributed by atoms with Crippen molar-refractivity contribution in [1.29, 1.82) is 0 Å². The van der Waals surface area contributed by atoms with E-state index in [0.717, 1.165) is 31.9 Å². The number of piperazine rings is 1. The average Bonchev–Trinajstić information content (AvgIpc) is 3.15. The molecule has 0 bridgehead atoms. The van der Waals surface area contributed by atoms with Crippen LogP contribution in [0.2, 0.25) is 0 Å². The van der Waals surface area contributed by atoms with Gasteiger partial charge in [-0.2, -0.15) is 0 Å². The number of halogens is 1. The van der Waals surface area contributed by atoms with E-state index >= 15 is 0 Å². The largest absolute Gasteiger partial charge is 0.467 e. The van der Waals surface area contributed by atoms with Crippen LogP contribution in [-0.2, 0) is 0 Å². The van der Waals surface area contributed by atoms with E-state index in [1.165, 1.54) is 18.4 Å². The first-order valence-electron chi connectivity index (χ1n) is 7.90. The third-order valence-electron chi connectivity index (χ3n) is 4.09. The molecule has 1 fully saturated rings. The molecule has 0 radical (unpaired) electrons. The number of aliphatic imine (C=N–C) groups is 1. The monoisotopic (exact) mass is 332 g/mol. The summed E-state index contributed by atoms with van der Waals surface area (Å²) in [4.78, 5) is 8.42. The summed E-state index contributed by atoms with van der Waals surface area (Å²) in [6, 6.07) is 9.92. The Morgan fingerprint density at radius 2 is 1.92 bits per heavy atom. The SMILES string of the molecule is NC(=NCC(O)c1ccco1)N1CCN(c2ccc(F)cc2)CC1. The summed E-state index contributed by atoms with van der Waals surface area (Å²) in [5.41, 5.74) is 7.02. The predicted octanol–water partition coefficient (Wildman–Crippen LogP) is 1.59. The number of hydrogen-bond acceptors (Lipinski definition) is 4. The molecule has 1 atom stereocenters. The third kappa shape index (κ3) is 3.86. The van der Waals surface area contributed by atoms with E-state index in [9.17, 15) is 9.50 Å². The highest BCUT2D eigenvalue weighted by Gasteiger charge is 2.19. The maximum absolute atomic E-state index is 13.0. The minimum absolute atomic E-state index is 0.164. The van der Waals surface area contributed by atoms with Gasteiger partial charge in [0.1, 0.15) is 17.7 Å². The second kappa shape index (κ2) is 7.35. The molecule has 6 nitrogen and oxygen atoms in total. The van der Waals surface area contributed by atoms with E-state index in [0.29, 0.717) is 11.7 Å². The van der Waals surface area contributed by atoms with E-state index in [2.05, 4.69) is 9.89 Å². The van der Waals surface area contributed by atoms with E-state index in [1.54, 1.807) is 24.3 Å². The smallest absolute Gasteiger partial charge is 0.191 e. The molecule has 1 aromatic carbocycles. The van der Waals surface area contributed by atoms with Crippen molar-refractivity contribution >= 4 is 11.6 Å². The summed E-state index contributed by atoms with van der Waals surface area (Å²) in [6.07, 6.45) is 0.722. The van der Waals surface area contributed by atoms with Crippen LogP contribution in [-0.4, -0.2) is 48.7 Å². The van der Waals surface area contributed by atoms with Gasteiger partial charge in [-0.1, -0.05) is 0 Å². The summed E-state index contributed by atoms with van der Waals surface area (Å²) < 4.78 is 18.1. The fourth-order valence-electron chi connectivity index (χ4n) is 2.70. The molecule has 3 N–H and O–H groups in total. The zero-order valence-electron chi connectivity index (χ0n) is 13.3. The second-order valence-corrected chi connectivity index (χ2v) is 5.68. The Hall–Kier alpha value is -2.54. The molecule has 1 saturated heterocycles. The van der Waals surface area contributed by atoms with E-state index in [-0.39, 0.29) is 12.4 Å². The predicted molar refractivity (Wildman–Crippen MR) is 90.3 cm³/mol. The highest BCUT2D eigenvalue weighted by atomic mass is 19.1. The molecular weight excluding hydrogens is 311 g/mol. The van der Waals surface area contributed by atoms with Gasteiger partial charge in [-0.3, -0.25) is 4.99 Å². The van der Waals surface area contributed by atoms with Crippen LogP contribution < -0.4 is 10.6 Å². The number of rotatable bonds is 4. The van der Waals surface area contributed by atoms with Crippen LogP contribution in [0.4, 0.5) is 10.1 Å². The van der Waals surface area contributed by atoms with Crippen LogP contribution in [0.5, 0.6) is 0 Å². The molecule has 0 saturated carbocycles. The van der Waals surface area contributed by atoms with Crippen LogP contribution >= 0.6 is 0 Å². The van der Waals surface area contributed by atoms with Gasteiger partial charge in [-0.15, -0.1) is 0 Å². The second-order valence-electron chi connectivity index (χ2n) is 5.68. The Bertz CT molecular complexity index is 664. The molecular formula is C17H21FN4O2. The maximum atomic E-state index is 13.0. The number of nitrogens with two attached hydrogens (primary N) is 1. The zero-order chi connectivity index (χ0) is 16.9. The fourth-order valence-corrected chi connectivity index (χ4v) is 2.70. The molecule has 0 spiro atoms. The Balaban J connectivity index is 1.52. The van der Waals surface area contributed by atoms with Gasteiger partial charge in [0.2, 0.25) is 0 Å². The van der Waals surface area contributed by atoms with Gasteiger partial charge in [-0.25, -0.2) is 4.39 Å². The molecule has 2 heterocycles. The molecule has 7 heteroatoms. The van der Waals surface area contributed by atoms with Crippen LogP contribution in [0, 0.1) is 5.82 Å². The molecule has 128 valence electrons. The number of benzene rings is 1. The van der Waals surface area contributed by atoms with Crippen molar-refractivity contribution in [3.63, 3.8) is 0 Å². The van der Waals surface area contributed by atoms with Gasteiger partial charge in [0.15, 0.2) is 5.96 Å². The van der Waals surface area contributed by atoms with E-state index in [4.69, 9.17) is 10.2 Å². The number of guanidine groups is 1. The summed E-state index contributed by atoms with van der Waals surface area (Å²) in [6.45, 7) is 3.18. The molecule has 0 aliphatic carbocycles. The summed E-state index contributed by atoms with van der Waals surface area (Å²) in [5.74, 6) is 0.663. The van der Waals surface area contributed by atoms with Crippen LogP contribution in [0.1, 0.15) is 11.9 Å². The number of hydrogen-bond donors (Lipinski definition) is 2. The standard InChI is InChI=1S/C17H21FN4O2/c18-13-3-5-14(6-4-13)21-7-9-22(10-8-21)17(19)20-12-15(23)16-2-1-11-24-16/h1-6,11,15,23H,7-10,12H2,(H2,19,20). The lowest BCUT2D eigenvalue weighted by Crippen LogP contribution is -2.51. The molecule has 0 amide bonds. The minimum Gasteiger partial charge on any atom is -0.467 e. The van der Waals surface area contributed by atoms with Crippen molar-refractivity contribution in [3.8, 4) is 0 Å². The molecule has 1 aliphatic heterocycles. The van der Waals surface area contributed by atoms with Crippen molar-refractivity contribution in [3.05, 3.63) is 54.2 Å². The first-order valence-corrected chi connectivity index (χ1v) is 7.90. The summed E-state index contributed by atoms with van der Waals surface area (Å²) in [7, 11) is 0. The van der Waals surface area contributed by atoms with E-state index < -0.39 is 6.10 Å². The summed E-state index contributed by atoms with van der Waals surface area (Å²) in [5, 5.41) is 9.96. The van der Waals surface area contributed by atoms with Crippen LogP contribution in [0.25, 0.3) is 0 Å². The molecule has 1 aliphatic rings. The molecule has 3 rings (SSSR count). The van der Waals surface area contributed by atoms with Crippen LogP contribution in [0.15, 0.2) is 52.1 Å². The lowest BCUT2D eigenvalue weighted by atomic mass is 10.2. The van der Waals surface area contributed by atoms with Crippen molar-refractivity contribution in [2.75, 3.05) is 37.6 Å². The van der Waals surface area contributed by atoms with Crippen molar-refractivity contribution < 1.29 is 13.9 Å². The first kappa shape index (κ1) is 16.3. The van der Waals surface area contributed by atoms with Gasteiger partial charge in [0, 0.05) is 31.9 Å². The number of anilines is 1. The van der Waals surface area contributed by atoms with Gasteiger partial charge >= 0.3 is 0 Å². The van der Waals surface area contributed by atoms with E-state index in [1.807, 2.05) is 4.90 Å². The lowest BCUT2D eigenvalue weighted by Gasteiger charge is -2.36. The lowest BCUT2D eigenvalue weighted by molar-refractivity contribution is 0.158. The number of aliphatic hydroxyl groups is 1. The first-order chi connectivity index (χ1) is 11.6. The van der Waals surface area contributed by atoms with Crippen molar-refractivity contribution in [2.24, 2.45) is 10.7 Å². The molecule has 1 aromatic heterocycles. The number of aliphatic hydroxyl groups excluding tert-OH is 1. The zero-order valence-corrected chi connectivity index (χ0v) is 13.3. The fraction of sp³-hybridized carbons (Fsp3) is 0.353. The van der Waals surface area contributed by atoms with Gasteiger partial charge in [0.25, 0.3) is 0 Å². The van der Waals surface area contributed by atoms with Gasteiger partial charge < -0.3 is 25.1 Å². The van der Waals surface area contributed by atoms with Crippen molar-refractivity contribution in [2.45, 2.75) is 6.10 Å². The minimum atomic E-state index is -0.793. The highest BCUT2D eigenvalue weighted by Crippen LogP contribution is 2.17. The number of furan rings is 1. The Morgan fingerprint density at radius 3 is 2.54 bits per heavy atom. The third-order valence-corrected chi connectivity index (χ3v) is 4.09. The normalized spacial score (nSPS) is 17.2. The molecule has 2 aromatic rings. The van der Waals surface area contributed by atoms with Crippen molar-refractivity contribution in [1.82, 2.24) is 4.90 Å².